The van der Waals surface area contributed by atoms with Crippen LogP contribution < -0.4 is 4.90 Å². The van der Waals surface area contributed by atoms with E-state index < -0.39 is 0 Å². The number of aromatic nitrogens is 3. The number of rotatable bonds is 4. The lowest BCUT2D eigenvalue weighted by molar-refractivity contribution is -0.118. The van der Waals surface area contributed by atoms with Gasteiger partial charge in [-0.05, 0) is 18.9 Å². The number of amides is 1. The smallest absolute Gasteiger partial charge is 0.228 e. The van der Waals surface area contributed by atoms with Gasteiger partial charge in [-0.1, -0.05) is 0 Å². The Balaban J connectivity index is 1.92. The third kappa shape index (κ3) is 2.95. The maximum absolute atomic E-state index is 12.0. The fraction of sp³-hybridized carbons (Fsp3) is 0.417. The molecular formula is C12H16N4OS. The Morgan fingerprint density at radius 1 is 1.56 bits per heavy atom. The van der Waals surface area contributed by atoms with Gasteiger partial charge in [-0.25, -0.2) is 4.98 Å². The minimum absolute atomic E-state index is 0.0770. The first kappa shape index (κ1) is 12.8. The van der Waals surface area contributed by atoms with Crippen molar-refractivity contribution in [1.82, 2.24) is 14.8 Å². The number of nitrogens with zero attached hydrogens (tertiary/aromatic N) is 4. The van der Waals surface area contributed by atoms with E-state index >= 15 is 0 Å². The summed E-state index contributed by atoms with van der Waals surface area (Å²) in [5.41, 5.74) is 2.02. The van der Waals surface area contributed by atoms with E-state index in [4.69, 9.17) is 0 Å². The molecule has 0 spiro atoms. The highest BCUT2D eigenvalue weighted by Crippen LogP contribution is 2.19. The Morgan fingerprint density at radius 3 is 2.89 bits per heavy atom. The molecular weight excluding hydrogens is 248 g/mol. The molecule has 0 saturated carbocycles. The number of carbonyl (C=O) groups is 1. The summed E-state index contributed by atoms with van der Waals surface area (Å²) < 4.78 is 1.74. The van der Waals surface area contributed by atoms with E-state index in [1.807, 2.05) is 25.5 Å². The standard InChI is InChI=1S/C12H16N4OS/c1-9-8-18-12(14-9)16(3)11(17)5-4-10-6-13-15(2)7-10/h6-8H,4-5H2,1-3H3. The highest BCUT2D eigenvalue weighted by molar-refractivity contribution is 7.14. The van der Waals surface area contributed by atoms with Crippen molar-refractivity contribution >= 4 is 22.4 Å². The molecule has 0 aliphatic heterocycles. The van der Waals surface area contributed by atoms with Crippen molar-refractivity contribution in [1.29, 1.82) is 0 Å². The molecule has 2 aromatic heterocycles. The fourth-order valence-corrected chi connectivity index (χ4v) is 2.41. The lowest BCUT2D eigenvalue weighted by Gasteiger charge is -2.13. The molecule has 0 aliphatic carbocycles. The first-order valence-electron chi connectivity index (χ1n) is 5.72. The third-order valence-corrected chi connectivity index (χ3v) is 3.69. The van der Waals surface area contributed by atoms with Crippen molar-refractivity contribution in [2.45, 2.75) is 19.8 Å². The van der Waals surface area contributed by atoms with Gasteiger partial charge in [0.25, 0.3) is 0 Å². The van der Waals surface area contributed by atoms with Crippen LogP contribution in [0.2, 0.25) is 0 Å². The van der Waals surface area contributed by atoms with Gasteiger partial charge in [-0.15, -0.1) is 11.3 Å². The fourth-order valence-electron chi connectivity index (χ4n) is 1.62. The minimum Gasteiger partial charge on any atom is -0.291 e. The van der Waals surface area contributed by atoms with Crippen LogP contribution in [0.3, 0.4) is 0 Å². The molecule has 0 bridgehead atoms. The van der Waals surface area contributed by atoms with Crippen molar-refractivity contribution < 1.29 is 4.79 Å². The monoisotopic (exact) mass is 264 g/mol. The maximum Gasteiger partial charge on any atom is 0.228 e. The zero-order valence-electron chi connectivity index (χ0n) is 10.8. The highest BCUT2D eigenvalue weighted by atomic mass is 32.1. The molecule has 0 atom stereocenters. The summed E-state index contributed by atoms with van der Waals surface area (Å²) in [6.45, 7) is 1.92. The van der Waals surface area contributed by atoms with Crippen LogP contribution in [0.25, 0.3) is 0 Å². The van der Waals surface area contributed by atoms with Gasteiger partial charge < -0.3 is 0 Å². The van der Waals surface area contributed by atoms with Gasteiger partial charge in [0.15, 0.2) is 5.13 Å². The van der Waals surface area contributed by atoms with Crippen molar-refractivity contribution in [3.8, 4) is 0 Å². The van der Waals surface area contributed by atoms with Gasteiger partial charge in [0, 0.05) is 32.1 Å². The molecule has 0 saturated heterocycles. The predicted molar refractivity (Wildman–Crippen MR) is 71.8 cm³/mol. The molecule has 2 aromatic rings. The van der Waals surface area contributed by atoms with Gasteiger partial charge >= 0.3 is 0 Å². The summed E-state index contributed by atoms with van der Waals surface area (Å²) in [4.78, 5) is 17.9. The molecule has 2 heterocycles. The van der Waals surface area contributed by atoms with E-state index in [1.54, 1.807) is 22.8 Å². The molecule has 0 aromatic carbocycles. The van der Waals surface area contributed by atoms with Crippen LogP contribution >= 0.6 is 11.3 Å². The second-order valence-corrected chi connectivity index (χ2v) is 5.08. The Bertz CT molecular complexity index is 546. The van der Waals surface area contributed by atoms with Gasteiger partial charge in [-0.3, -0.25) is 14.4 Å². The Kier molecular flexibility index (Phi) is 3.76. The second kappa shape index (κ2) is 5.30. The van der Waals surface area contributed by atoms with E-state index in [-0.39, 0.29) is 5.91 Å². The first-order valence-corrected chi connectivity index (χ1v) is 6.60. The number of hydrogen-bond acceptors (Lipinski definition) is 4. The summed E-state index contributed by atoms with van der Waals surface area (Å²) in [5.74, 6) is 0.0770. The van der Waals surface area contributed by atoms with Crippen molar-refractivity contribution in [2.75, 3.05) is 11.9 Å². The molecule has 96 valence electrons. The zero-order valence-corrected chi connectivity index (χ0v) is 11.6. The molecule has 0 N–H and O–H groups in total. The van der Waals surface area contributed by atoms with E-state index in [1.165, 1.54) is 11.3 Å². The van der Waals surface area contributed by atoms with E-state index in [0.717, 1.165) is 16.4 Å². The van der Waals surface area contributed by atoms with Crippen LogP contribution in [0.1, 0.15) is 17.7 Å². The molecule has 0 unspecified atom stereocenters. The first-order chi connectivity index (χ1) is 8.56. The predicted octanol–water partition coefficient (Wildman–Crippen LogP) is 1.78. The van der Waals surface area contributed by atoms with Crippen molar-refractivity contribution in [2.24, 2.45) is 7.05 Å². The molecule has 2 rings (SSSR count). The van der Waals surface area contributed by atoms with Gasteiger partial charge in [0.05, 0.1) is 11.9 Å². The Hall–Kier alpha value is -1.69. The van der Waals surface area contributed by atoms with Gasteiger partial charge in [-0.2, -0.15) is 5.10 Å². The SMILES string of the molecule is Cc1csc(N(C)C(=O)CCc2cnn(C)c2)n1. The molecule has 5 nitrogen and oxygen atoms in total. The average Bonchev–Trinajstić information content (AvgIpc) is 2.94. The lowest BCUT2D eigenvalue weighted by atomic mass is 10.2. The summed E-state index contributed by atoms with van der Waals surface area (Å²) >= 11 is 1.49. The van der Waals surface area contributed by atoms with Crippen LogP contribution in [-0.2, 0) is 18.3 Å². The highest BCUT2D eigenvalue weighted by Gasteiger charge is 2.13. The summed E-state index contributed by atoms with van der Waals surface area (Å²) in [7, 11) is 3.64. The largest absolute Gasteiger partial charge is 0.291 e. The maximum atomic E-state index is 12.0. The number of anilines is 1. The van der Waals surface area contributed by atoms with Crippen molar-refractivity contribution in [3.63, 3.8) is 0 Å². The average molecular weight is 264 g/mol. The molecule has 1 amide bonds. The van der Waals surface area contributed by atoms with Crippen LogP contribution in [0.15, 0.2) is 17.8 Å². The molecule has 6 heteroatoms. The van der Waals surface area contributed by atoms with Crippen LogP contribution in [0.5, 0.6) is 0 Å². The normalized spacial score (nSPS) is 10.6. The number of aryl methyl sites for hydroxylation is 3. The van der Waals surface area contributed by atoms with Gasteiger partial charge in [0.1, 0.15) is 0 Å². The summed E-state index contributed by atoms with van der Waals surface area (Å²) in [6, 6.07) is 0. The van der Waals surface area contributed by atoms with Crippen LogP contribution in [-0.4, -0.2) is 27.7 Å². The molecule has 0 aliphatic rings. The lowest BCUT2D eigenvalue weighted by Crippen LogP contribution is -2.26. The van der Waals surface area contributed by atoms with E-state index in [2.05, 4.69) is 10.1 Å². The minimum atomic E-state index is 0.0770. The zero-order chi connectivity index (χ0) is 13.1. The number of hydrogen-bond donors (Lipinski definition) is 0. The molecule has 0 fully saturated rings. The number of carbonyl (C=O) groups excluding carboxylic acids is 1. The second-order valence-electron chi connectivity index (χ2n) is 4.25. The van der Waals surface area contributed by atoms with Crippen LogP contribution in [0.4, 0.5) is 5.13 Å². The topological polar surface area (TPSA) is 51.0 Å². The third-order valence-electron chi connectivity index (χ3n) is 2.65. The van der Waals surface area contributed by atoms with Crippen molar-refractivity contribution in [3.05, 3.63) is 29.0 Å². The summed E-state index contributed by atoms with van der Waals surface area (Å²) in [5, 5.41) is 6.78. The Morgan fingerprint density at radius 2 is 2.33 bits per heavy atom. The van der Waals surface area contributed by atoms with Crippen LogP contribution in [0, 0.1) is 6.92 Å². The number of thiazole rings is 1. The quantitative estimate of drug-likeness (QED) is 0.846. The summed E-state index contributed by atoms with van der Waals surface area (Å²) in [6.07, 6.45) is 4.91. The van der Waals surface area contributed by atoms with Gasteiger partial charge in [0.2, 0.25) is 5.91 Å². The van der Waals surface area contributed by atoms with E-state index in [9.17, 15) is 4.79 Å². The molecule has 18 heavy (non-hydrogen) atoms. The van der Waals surface area contributed by atoms with E-state index in [0.29, 0.717) is 12.8 Å². The molecule has 0 radical (unpaired) electrons. The Labute approximate surface area is 110 Å².